The molecule has 2 saturated carbocycles. The van der Waals surface area contributed by atoms with Crippen molar-refractivity contribution in [3.8, 4) is 0 Å². The summed E-state index contributed by atoms with van der Waals surface area (Å²) in [5, 5.41) is 8.62. The van der Waals surface area contributed by atoms with E-state index < -0.39 is 0 Å². The van der Waals surface area contributed by atoms with Crippen LogP contribution < -0.4 is 0 Å². The second kappa shape index (κ2) is 7.24. The van der Waals surface area contributed by atoms with Crippen molar-refractivity contribution in [1.82, 2.24) is 19.9 Å². The average Bonchev–Trinajstić information content (AvgIpc) is 3.40. The second-order valence-electron chi connectivity index (χ2n) is 8.12. The molecule has 5 nitrogen and oxygen atoms in total. The van der Waals surface area contributed by atoms with Crippen LogP contribution in [0, 0.1) is 11.8 Å². The molecule has 4 rings (SSSR count). The van der Waals surface area contributed by atoms with Crippen molar-refractivity contribution in [2.45, 2.75) is 76.7 Å². The molecule has 1 aromatic rings. The van der Waals surface area contributed by atoms with Crippen LogP contribution in [0.5, 0.6) is 0 Å². The summed E-state index contributed by atoms with van der Waals surface area (Å²) in [6.45, 7) is 2.78. The SMILES string of the molecule is O=C(C1CCCCCC1)N1CCC[C@H](Cn2cc(C3CC3)nn2)C1. The van der Waals surface area contributed by atoms with Crippen LogP contribution in [-0.4, -0.2) is 38.9 Å². The smallest absolute Gasteiger partial charge is 0.225 e. The highest BCUT2D eigenvalue weighted by Crippen LogP contribution is 2.38. The Morgan fingerprint density at radius 2 is 1.83 bits per heavy atom. The zero-order valence-electron chi connectivity index (χ0n) is 14.7. The number of aromatic nitrogens is 3. The van der Waals surface area contributed by atoms with Crippen molar-refractivity contribution < 1.29 is 4.79 Å². The summed E-state index contributed by atoms with van der Waals surface area (Å²) >= 11 is 0. The maximum Gasteiger partial charge on any atom is 0.225 e. The molecule has 2 heterocycles. The van der Waals surface area contributed by atoms with Gasteiger partial charge in [0.1, 0.15) is 0 Å². The first kappa shape index (κ1) is 16.1. The fraction of sp³-hybridized carbons (Fsp3) is 0.842. The molecular formula is C19H30N4O. The fourth-order valence-electron chi connectivity index (χ4n) is 4.43. The van der Waals surface area contributed by atoms with E-state index >= 15 is 0 Å². The Morgan fingerprint density at radius 1 is 1.04 bits per heavy atom. The number of likely N-dealkylation sites (tertiary alicyclic amines) is 1. The molecule has 1 aromatic heterocycles. The molecule has 3 fully saturated rings. The highest BCUT2D eigenvalue weighted by Gasteiger charge is 2.30. The second-order valence-corrected chi connectivity index (χ2v) is 8.12. The van der Waals surface area contributed by atoms with Crippen LogP contribution in [0.25, 0.3) is 0 Å². The molecule has 0 N–H and O–H groups in total. The molecule has 1 saturated heterocycles. The molecule has 0 spiro atoms. The largest absolute Gasteiger partial charge is 0.342 e. The number of hydrogen-bond donors (Lipinski definition) is 0. The zero-order valence-corrected chi connectivity index (χ0v) is 14.7. The highest BCUT2D eigenvalue weighted by molar-refractivity contribution is 5.79. The summed E-state index contributed by atoms with van der Waals surface area (Å²) < 4.78 is 2.01. The van der Waals surface area contributed by atoms with Gasteiger partial charge in [0.2, 0.25) is 5.91 Å². The third-order valence-electron chi connectivity index (χ3n) is 6.03. The van der Waals surface area contributed by atoms with Crippen molar-refractivity contribution in [3.05, 3.63) is 11.9 Å². The predicted molar refractivity (Wildman–Crippen MR) is 92.5 cm³/mol. The summed E-state index contributed by atoms with van der Waals surface area (Å²) in [5.41, 5.74) is 1.16. The quantitative estimate of drug-likeness (QED) is 0.795. The standard InChI is InChI=1S/C19H30N4O/c24-19(17-7-3-1-2-4-8-17)22-11-5-6-15(12-22)13-23-14-18(20-21-23)16-9-10-16/h14-17H,1-13H2/t15-/m0/s1. The van der Waals surface area contributed by atoms with Crippen LogP contribution in [0.2, 0.25) is 0 Å². The van der Waals surface area contributed by atoms with Crippen molar-refractivity contribution >= 4 is 5.91 Å². The Kier molecular flexibility index (Phi) is 4.86. The van der Waals surface area contributed by atoms with E-state index in [2.05, 4.69) is 21.4 Å². The van der Waals surface area contributed by atoms with Crippen molar-refractivity contribution in [1.29, 1.82) is 0 Å². The topological polar surface area (TPSA) is 51.0 Å². The lowest BCUT2D eigenvalue weighted by Gasteiger charge is -2.34. The van der Waals surface area contributed by atoms with Crippen LogP contribution in [0.3, 0.4) is 0 Å². The zero-order chi connectivity index (χ0) is 16.4. The molecule has 0 aromatic carbocycles. The van der Waals surface area contributed by atoms with Gasteiger partial charge in [-0.1, -0.05) is 30.9 Å². The number of amides is 1. The molecule has 1 aliphatic heterocycles. The molecule has 5 heteroatoms. The first-order chi connectivity index (χ1) is 11.8. The Hall–Kier alpha value is -1.39. The van der Waals surface area contributed by atoms with Crippen molar-refractivity contribution in [3.63, 3.8) is 0 Å². The first-order valence-electron chi connectivity index (χ1n) is 9.98. The van der Waals surface area contributed by atoms with Crippen LogP contribution in [0.1, 0.15) is 75.8 Å². The van der Waals surface area contributed by atoms with Gasteiger partial charge in [0.15, 0.2) is 0 Å². The first-order valence-corrected chi connectivity index (χ1v) is 9.98. The summed E-state index contributed by atoms with van der Waals surface area (Å²) in [7, 11) is 0. The number of carbonyl (C=O) groups excluding carboxylic acids is 1. The van der Waals surface area contributed by atoms with Crippen LogP contribution in [-0.2, 0) is 11.3 Å². The van der Waals surface area contributed by atoms with Gasteiger partial charge >= 0.3 is 0 Å². The van der Waals surface area contributed by atoms with E-state index in [4.69, 9.17) is 0 Å². The van der Waals surface area contributed by atoms with E-state index in [0.717, 1.165) is 44.6 Å². The van der Waals surface area contributed by atoms with Gasteiger partial charge in [-0.3, -0.25) is 9.48 Å². The number of carbonyl (C=O) groups is 1. The van der Waals surface area contributed by atoms with Crippen molar-refractivity contribution in [2.75, 3.05) is 13.1 Å². The van der Waals surface area contributed by atoms with E-state index in [9.17, 15) is 4.79 Å². The lowest BCUT2D eigenvalue weighted by atomic mass is 9.94. The van der Waals surface area contributed by atoms with Gasteiger partial charge in [-0.05, 0) is 44.4 Å². The molecule has 2 aliphatic carbocycles. The van der Waals surface area contributed by atoms with E-state index in [-0.39, 0.29) is 0 Å². The number of piperidine rings is 1. The molecule has 1 atom stereocenters. The molecule has 24 heavy (non-hydrogen) atoms. The molecule has 0 radical (unpaired) electrons. The minimum Gasteiger partial charge on any atom is -0.342 e. The average molecular weight is 330 g/mol. The molecule has 0 bridgehead atoms. The molecule has 1 amide bonds. The summed E-state index contributed by atoms with van der Waals surface area (Å²) in [5.74, 6) is 1.92. The van der Waals surface area contributed by atoms with Crippen molar-refractivity contribution in [2.24, 2.45) is 11.8 Å². The lowest BCUT2D eigenvalue weighted by Crippen LogP contribution is -2.44. The Balaban J connectivity index is 1.33. The van der Waals surface area contributed by atoms with Gasteiger partial charge < -0.3 is 4.90 Å². The van der Waals surface area contributed by atoms with Gasteiger partial charge in [0, 0.05) is 37.7 Å². The Bertz CT molecular complexity index is 557. The maximum atomic E-state index is 12.9. The minimum absolute atomic E-state index is 0.291. The van der Waals surface area contributed by atoms with Crippen LogP contribution in [0.4, 0.5) is 0 Å². The molecule has 3 aliphatic rings. The van der Waals surface area contributed by atoms with E-state index in [1.54, 1.807) is 0 Å². The molecule has 0 unspecified atom stereocenters. The van der Waals surface area contributed by atoms with Crippen LogP contribution in [0.15, 0.2) is 6.20 Å². The summed E-state index contributed by atoms with van der Waals surface area (Å²) in [6.07, 6.45) is 14.3. The Morgan fingerprint density at radius 3 is 2.58 bits per heavy atom. The summed E-state index contributed by atoms with van der Waals surface area (Å²) in [4.78, 5) is 15.1. The monoisotopic (exact) mass is 330 g/mol. The molecular weight excluding hydrogens is 300 g/mol. The normalized spacial score (nSPS) is 26.3. The van der Waals surface area contributed by atoms with E-state index in [1.165, 1.54) is 44.9 Å². The third kappa shape index (κ3) is 3.81. The summed E-state index contributed by atoms with van der Waals surface area (Å²) in [6, 6.07) is 0. The van der Waals surface area contributed by atoms with E-state index in [1.807, 2.05) is 4.68 Å². The van der Waals surface area contributed by atoms with Gasteiger partial charge in [-0.25, -0.2) is 0 Å². The number of nitrogens with zero attached hydrogens (tertiary/aromatic N) is 4. The fourth-order valence-corrected chi connectivity index (χ4v) is 4.43. The van der Waals surface area contributed by atoms with Gasteiger partial charge in [0.25, 0.3) is 0 Å². The minimum atomic E-state index is 0.291. The van der Waals surface area contributed by atoms with Gasteiger partial charge in [0.05, 0.1) is 5.69 Å². The molecule has 132 valence electrons. The number of hydrogen-bond acceptors (Lipinski definition) is 3. The highest BCUT2D eigenvalue weighted by atomic mass is 16.2. The Labute approximate surface area is 144 Å². The third-order valence-corrected chi connectivity index (χ3v) is 6.03. The number of rotatable bonds is 4. The predicted octanol–water partition coefficient (Wildman–Crippen LogP) is 3.36. The van der Waals surface area contributed by atoms with Gasteiger partial charge in [-0.15, -0.1) is 5.10 Å². The van der Waals surface area contributed by atoms with Gasteiger partial charge in [-0.2, -0.15) is 0 Å². The van der Waals surface area contributed by atoms with E-state index in [0.29, 0.717) is 23.7 Å². The van der Waals surface area contributed by atoms with Crippen LogP contribution >= 0.6 is 0 Å². The lowest BCUT2D eigenvalue weighted by molar-refractivity contribution is -0.138. The maximum absolute atomic E-state index is 12.9.